The van der Waals surface area contributed by atoms with Crippen molar-refractivity contribution in [3.63, 3.8) is 0 Å². The van der Waals surface area contributed by atoms with Gasteiger partial charge in [-0.15, -0.1) is 0 Å². The largest absolute Gasteiger partial charge is 0.462 e. The van der Waals surface area contributed by atoms with Crippen molar-refractivity contribution in [3.8, 4) is 0 Å². The first-order valence-electron chi connectivity index (χ1n) is 5.03. The Bertz CT molecular complexity index is 181. The molecule has 13 heavy (non-hydrogen) atoms. The van der Waals surface area contributed by atoms with Gasteiger partial charge in [0.15, 0.2) is 0 Å². The lowest BCUT2D eigenvalue weighted by Crippen LogP contribution is -2.16. The molecule has 0 saturated heterocycles. The molecule has 2 heteroatoms. The summed E-state index contributed by atoms with van der Waals surface area (Å²) < 4.78 is 5.01. The van der Waals surface area contributed by atoms with Crippen LogP contribution >= 0.6 is 0 Å². The quantitative estimate of drug-likeness (QED) is 0.493. The van der Waals surface area contributed by atoms with Crippen LogP contribution in [0.15, 0.2) is 12.7 Å². The first-order chi connectivity index (χ1) is 6.24. The standard InChI is InChI=1S/C11H18O2/c1-3-11(12)13-8-9(2)10-6-4-5-7-10/h3,9-10H,1,4-8H2,2H3. The predicted molar refractivity (Wildman–Crippen MR) is 52.3 cm³/mol. The third-order valence-electron chi connectivity index (χ3n) is 2.86. The molecule has 0 N–H and O–H groups in total. The summed E-state index contributed by atoms with van der Waals surface area (Å²) >= 11 is 0. The van der Waals surface area contributed by atoms with E-state index in [-0.39, 0.29) is 5.97 Å². The van der Waals surface area contributed by atoms with Gasteiger partial charge in [0.05, 0.1) is 6.61 Å². The summed E-state index contributed by atoms with van der Waals surface area (Å²) in [6.07, 6.45) is 6.50. The topological polar surface area (TPSA) is 26.3 Å². The van der Waals surface area contributed by atoms with E-state index in [4.69, 9.17) is 4.74 Å². The Morgan fingerprint density at radius 1 is 1.62 bits per heavy atom. The second-order valence-corrected chi connectivity index (χ2v) is 3.86. The van der Waals surface area contributed by atoms with E-state index in [0.717, 1.165) is 5.92 Å². The Morgan fingerprint density at radius 3 is 2.77 bits per heavy atom. The molecule has 0 spiro atoms. The summed E-state index contributed by atoms with van der Waals surface area (Å²) in [4.78, 5) is 10.8. The van der Waals surface area contributed by atoms with E-state index in [2.05, 4.69) is 13.5 Å². The fourth-order valence-electron chi connectivity index (χ4n) is 1.94. The number of hydrogen-bond donors (Lipinski definition) is 0. The minimum Gasteiger partial charge on any atom is -0.462 e. The van der Waals surface area contributed by atoms with E-state index >= 15 is 0 Å². The van der Waals surface area contributed by atoms with E-state index < -0.39 is 0 Å². The van der Waals surface area contributed by atoms with Gasteiger partial charge in [0.25, 0.3) is 0 Å². The highest BCUT2D eigenvalue weighted by Crippen LogP contribution is 2.31. The molecule has 74 valence electrons. The molecule has 0 heterocycles. The third kappa shape index (κ3) is 3.21. The van der Waals surface area contributed by atoms with Gasteiger partial charge in [-0.05, 0) is 11.8 Å². The van der Waals surface area contributed by atoms with Crippen LogP contribution in [-0.4, -0.2) is 12.6 Å². The van der Waals surface area contributed by atoms with Crippen LogP contribution in [0.3, 0.4) is 0 Å². The summed E-state index contributed by atoms with van der Waals surface area (Å²) in [6, 6.07) is 0. The number of rotatable bonds is 4. The average Bonchev–Trinajstić information content (AvgIpc) is 2.66. The lowest BCUT2D eigenvalue weighted by Gasteiger charge is -2.17. The van der Waals surface area contributed by atoms with Gasteiger partial charge in [-0.3, -0.25) is 0 Å². The third-order valence-corrected chi connectivity index (χ3v) is 2.86. The molecule has 0 aliphatic heterocycles. The Hall–Kier alpha value is -0.790. The van der Waals surface area contributed by atoms with Crippen molar-refractivity contribution in [3.05, 3.63) is 12.7 Å². The van der Waals surface area contributed by atoms with Gasteiger partial charge in [0.2, 0.25) is 0 Å². The molecule has 1 rings (SSSR count). The van der Waals surface area contributed by atoms with Gasteiger partial charge in [-0.25, -0.2) is 4.79 Å². The molecule has 0 aromatic rings. The van der Waals surface area contributed by atoms with Crippen LogP contribution in [0.5, 0.6) is 0 Å². The predicted octanol–water partition coefficient (Wildman–Crippen LogP) is 2.54. The van der Waals surface area contributed by atoms with Crippen molar-refractivity contribution in [2.24, 2.45) is 11.8 Å². The average molecular weight is 182 g/mol. The molecule has 1 aliphatic rings. The lowest BCUT2D eigenvalue weighted by molar-refractivity contribution is -0.139. The maximum atomic E-state index is 10.8. The monoisotopic (exact) mass is 182 g/mol. The number of hydrogen-bond acceptors (Lipinski definition) is 2. The molecule has 0 aromatic carbocycles. The van der Waals surface area contributed by atoms with Gasteiger partial charge in [-0.2, -0.15) is 0 Å². The summed E-state index contributed by atoms with van der Waals surface area (Å²) in [7, 11) is 0. The number of carbonyl (C=O) groups excluding carboxylic acids is 1. The molecule has 2 nitrogen and oxygen atoms in total. The fraction of sp³-hybridized carbons (Fsp3) is 0.727. The van der Waals surface area contributed by atoms with Crippen molar-refractivity contribution in [2.45, 2.75) is 32.6 Å². The Kier molecular flexibility index (Phi) is 4.00. The highest BCUT2D eigenvalue weighted by atomic mass is 16.5. The van der Waals surface area contributed by atoms with Crippen LogP contribution in [0.2, 0.25) is 0 Å². The van der Waals surface area contributed by atoms with Crippen LogP contribution in [0.1, 0.15) is 32.6 Å². The maximum Gasteiger partial charge on any atom is 0.330 e. The molecule has 1 fully saturated rings. The van der Waals surface area contributed by atoms with Crippen molar-refractivity contribution in [1.29, 1.82) is 0 Å². The minimum atomic E-state index is -0.301. The number of carbonyl (C=O) groups is 1. The van der Waals surface area contributed by atoms with Crippen LogP contribution in [0, 0.1) is 11.8 Å². The van der Waals surface area contributed by atoms with E-state index in [1.54, 1.807) is 0 Å². The van der Waals surface area contributed by atoms with Gasteiger partial charge in [0.1, 0.15) is 0 Å². The molecule has 0 radical (unpaired) electrons. The highest BCUT2D eigenvalue weighted by Gasteiger charge is 2.22. The van der Waals surface area contributed by atoms with Crippen molar-refractivity contribution < 1.29 is 9.53 Å². The fourth-order valence-corrected chi connectivity index (χ4v) is 1.94. The minimum absolute atomic E-state index is 0.301. The van der Waals surface area contributed by atoms with Crippen LogP contribution in [0.4, 0.5) is 0 Å². The van der Waals surface area contributed by atoms with Crippen LogP contribution in [-0.2, 0) is 9.53 Å². The Labute approximate surface area is 80.0 Å². The zero-order chi connectivity index (χ0) is 9.68. The molecule has 1 atom stereocenters. The second-order valence-electron chi connectivity index (χ2n) is 3.86. The molecule has 0 amide bonds. The molecule has 1 unspecified atom stereocenters. The first-order valence-corrected chi connectivity index (χ1v) is 5.03. The Balaban J connectivity index is 2.19. The molecular weight excluding hydrogens is 164 g/mol. The smallest absolute Gasteiger partial charge is 0.330 e. The van der Waals surface area contributed by atoms with E-state index in [9.17, 15) is 4.79 Å². The Morgan fingerprint density at radius 2 is 2.23 bits per heavy atom. The molecular formula is C11H18O2. The number of esters is 1. The van der Waals surface area contributed by atoms with Gasteiger partial charge >= 0.3 is 5.97 Å². The SMILES string of the molecule is C=CC(=O)OCC(C)C1CCCC1. The van der Waals surface area contributed by atoms with Gasteiger partial charge < -0.3 is 4.74 Å². The summed E-state index contributed by atoms with van der Waals surface area (Å²) in [5, 5.41) is 0. The van der Waals surface area contributed by atoms with Crippen molar-refractivity contribution in [2.75, 3.05) is 6.61 Å². The van der Waals surface area contributed by atoms with Gasteiger partial charge in [-0.1, -0.05) is 39.2 Å². The van der Waals surface area contributed by atoms with Crippen LogP contribution in [0.25, 0.3) is 0 Å². The van der Waals surface area contributed by atoms with Crippen LogP contribution < -0.4 is 0 Å². The van der Waals surface area contributed by atoms with Crippen molar-refractivity contribution in [1.82, 2.24) is 0 Å². The maximum absolute atomic E-state index is 10.8. The summed E-state index contributed by atoms with van der Waals surface area (Å²) in [5.41, 5.74) is 0. The number of ether oxygens (including phenoxy) is 1. The molecule has 0 aromatic heterocycles. The summed E-state index contributed by atoms with van der Waals surface area (Å²) in [5.74, 6) is 0.967. The zero-order valence-corrected chi connectivity index (χ0v) is 8.29. The van der Waals surface area contributed by atoms with E-state index in [0.29, 0.717) is 12.5 Å². The van der Waals surface area contributed by atoms with Gasteiger partial charge in [0, 0.05) is 6.08 Å². The second kappa shape index (κ2) is 5.05. The normalized spacial score (nSPS) is 19.8. The highest BCUT2D eigenvalue weighted by molar-refractivity contribution is 5.81. The van der Waals surface area contributed by atoms with E-state index in [1.165, 1.54) is 31.8 Å². The molecule has 0 bridgehead atoms. The zero-order valence-electron chi connectivity index (χ0n) is 8.29. The lowest BCUT2D eigenvalue weighted by atomic mass is 9.93. The van der Waals surface area contributed by atoms with Crippen molar-refractivity contribution >= 4 is 5.97 Å². The molecule has 1 saturated carbocycles. The van der Waals surface area contributed by atoms with E-state index in [1.807, 2.05) is 0 Å². The first kappa shape index (κ1) is 10.3. The molecule has 1 aliphatic carbocycles. The summed E-state index contributed by atoms with van der Waals surface area (Å²) in [6.45, 7) is 6.07.